The molecule has 1 amide bonds. The SMILES string of the molecule is CC1(C)CCC(O)(CNC(=O)CN2CCC(N)CC2)CC1. The van der Waals surface area contributed by atoms with E-state index in [1.807, 2.05) is 0 Å². The van der Waals surface area contributed by atoms with Crippen molar-refractivity contribution < 1.29 is 9.90 Å². The summed E-state index contributed by atoms with van der Waals surface area (Å²) in [6, 6.07) is 0.288. The van der Waals surface area contributed by atoms with E-state index >= 15 is 0 Å². The summed E-state index contributed by atoms with van der Waals surface area (Å²) >= 11 is 0. The van der Waals surface area contributed by atoms with Crippen molar-refractivity contribution in [1.29, 1.82) is 0 Å². The Morgan fingerprint density at radius 2 is 1.81 bits per heavy atom. The van der Waals surface area contributed by atoms with E-state index in [1.165, 1.54) is 0 Å². The first-order valence-corrected chi connectivity index (χ1v) is 8.25. The van der Waals surface area contributed by atoms with Crippen LogP contribution in [0.25, 0.3) is 0 Å². The highest BCUT2D eigenvalue weighted by Gasteiger charge is 2.36. The van der Waals surface area contributed by atoms with E-state index in [4.69, 9.17) is 5.73 Å². The molecule has 1 saturated carbocycles. The fraction of sp³-hybridized carbons (Fsp3) is 0.938. The van der Waals surface area contributed by atoms with Crippen molar-refractivity contribution in [2.45, 2.75) is 64.0 Å². The summed E-state index contributed by atoms with van der Waals surface area (Å²) in [5.41, 5.74) is 5.47. The van der Waals surface area contributed by atoms with Crippen molar-refractivity contribution in [3.63, 3.8) is 0 Å². The minimum atomic E-state index is -0.713. The van der Waals surface area contributed by atoms with Gasteiger partial charge in [-0.3, -0.25) is 9.69 Å². The zero-order valence-electron chi connectivity index (χ0n) is 13.5. The molecule has 122 valence electrons. The molecule has 0 atom stereocenters. The van der Waals surface area contributed by atoms with Gasteiger partial charge in [-0.2, -0.15) is 0 Å². The minimum Gasteiger partial charge on any atom is -0.388 e. The molecule has 0 radical (unpaired) electrons. The van der Waals surface area contributed by atoms with Gasteiger partial charge < -0.3 is 16.2 Å². The Morgan fingerprint density at radius 1 is 1.24 bits per heavy atom. The van der Waals surface area contributed by atoms with E-state index in [1.54, 1.807) is 0 Å². The number of carbonyl (C=O) groups is 1. The third-order valence-corrected chi connectivity index (χ3v) is 5.15. The predicted octanol–water partition coefficient (Wildman–Crippen LogP) is 0.857. The number of hydrogen-bond donors (Lipinski definition) is 3. The van der Waals surface area contributed by atoms with E-state index in [9.17, 15) is 9.90 Å². The number of likely N-dealkylation sites (tertiary alicyclic amines) is 1. The van der Waals surface area contributed by atoms with Crippen LogP contribution in [0, 0.1) is 5.41 Å². The molecule has 2 rings (SSSR count). The van der Waals surface area contributed by atoms with Gasteiger partial charge in [-0.15, -0.1) is 0 Å². The van der Waals surface area contributed by atoms with Crippen LogP contribution >= 0.6 is 0 Å². The van der Waals surface area contributed by atoms with Crippen LogP contribution in [0.3, 0.4) is 0 Å². The standard InChI is InChI=1S/C16H31N3O2/c1-15(2)5-7-16(21,8-6-15)12-18-14(20)11-19-9-3-13(17)4-10-19/h13,21H,3-12,17H2,1-2H3,(H,18,20). The van der Waals surface area contributed by atoms with Crippen LogP contribution < -0.4 is 11.1 Å². The lowest BCUT2D eigenvalue weighted by molar-refractivity contribution is -0.124. The van der Waals surface area contributed by atoms with Crippen molar-refractivity contribution in [1.82, 2.24) is 10.2 Å². The summed E-state index contributed by atoms with van der Waals surface area (Å²) in [7, 11) is 0. The molecule has 21 heavy (non-hydrogen) atoms. The Labute approximate surface area is 128 Å². The maximum atomic E-state index is 12.0. The van der Waals surface area contributed by atoms with Crippen molar-refractivity contribution in [2.24, 2.45) is 11.1 Å². The van der Waals surface area contributed by atoms with Gasteiger partial charge in [0.15, 0.2) is 0 Å². The number of nitrogens with zero attached hydrogens (tertiary/aromatic N) is 1. The molecule has 2 aliphatic rings. The largest absolute Gasteiger partial charge is 0.388 e. The van der Waals surface area contributed by atoms with Gasteiger partial charge in [0.2, 0.25) is 5.91 Å². The van der Waals surface area contributed by atoms with Gasteiger partial charge in [0, 0.05) is 25.7 Å². The second-order valence-electron chi connectivity index (χ2n) is 7.78. The van der Waals surface area contributed by atoms with Gasteiger partial charge in [0.1, 0.15) is 0 Å². The van der Waals surface area contributed by atoms with Crippen LogP contribution in [-0.2, 0) is 4.79 Å². The molecule has 0 spiro atoms. The molecule has 0 aromatic heterocycles. The van der Waals surface area contributed by atoms with Crippen molar-refractivity contribution >= 4 is 5.91 Å². The normalized spacial score (nSPS) is 26.5. The molecule has 1 saturated heterocycles. The first kappa shape index (κ1) is 16.7. The zero-order chi connectivity index (χ0) is 15.5. The molecule has 0 aromatic carbocycles. The first-order valence-electron chi connectivity index (χ1n) is 8.25. The second kappa shape index (κ2) is 6.63. The predicted molar refractivity (Wildman–Crippen MR) is 83.9 cm³/mol. The summed E-state index contributed by atoms with van der Waals surface area (Å²) in [6.45, 7) is 7.09. The van der Waals surface area contributed by atoms with Gasteiger partial charge in [-0.05, 0) is 43.9 Å². The monoisotopic (exact) mass is 297 g/mol. The number of piperidine rings is 1. The average molecular weight is 297 g/mol. The smallest absolute Gasteiger partial charge is 0.234 e. The van der Waals surface area contributed by atoms with E-state index in [0.717, 1.165) is 51.6 Å². The summed E-state index contributed by atoms with van der Waals surface area (Å²) in [5.74, 6) is 0.0173. The van der Waals surface area contributed by atoms with Crippen LogP contribution in [0.2, 0.25) is 0 Å². The zero-order valence-corrected chi connectivity index (χ0v) is 13.5. The second-order valence-corrected chi connectivity index (χ2v) is 7.78. The van der Waals surface area contributed by atoms with Crippen molar-refractivity contribution in [3.05, 3.63) is 0 Å². The van der Waals surface area contributed by atoms with Crippen LogP contribution in [0.4, 0.5) is 0 Å². The third kappa shape index (κ3) is 5.24. The highest BCUT2D eigenvalue weighted by atomic mass is 16.3. The van der Waals surface area contributed by atoms with E-state index in [-0.39, 0.29) is 11.9 Å². The molecular weight excluding hydrogens is 266 g/mol. The molecule has 4 N–H and O–H groups in total. The highest BCUT2D eigenvalue weighted by Crippen LogP contribution is 2.39. The fourth-order valence-corrected chi connectivity index (χ4v) is 3.20. The molecule has 0 bridgehead atoms. The molecule has 5 heteroatoms. The topological polar surface area (TPSA) is 78.6 Å². The third-order valence-electron chi connectivity index (χ3n) is 5.15. The van der Waals surface area contributed by atoms with Crippen LogP contribution in [-0.4, -0.2) is 53.7 Å². The number of rotatable bonds is 4. The Bertz CT molecular complexity index is 353. The van der Waals surface area contributed by atoms with E-state index < -0.39 is 5.60 Å². The lowest BCUT2D eigenvalue weighted by atomic mass is 9.71. The number of nitrogens with one attached hydrogen (secondary N) is 1. The van der Waals surface area contributed by atoms with Crippen LogP contribution in [0.15, 0.2) is 0 Å². The minimum absolute atomic E-state index is 0.0173. The molecule has 1 aliphatic carbocycles. The average Bonchev–Trinajstić information content (AvgIpc) is 2.43. The Hall–Kier alpha value is -0.650. The molecule has 0 unspecified atom stereocenters. The first-order chi connectivity index (χ1) is 9.78. The Kier molecular flexibility index (Phi) is 5.28. The van der Waals surface area contributed by atoms with Gasteiger partial charge in [0.25, 0.3) is 0 Å². The summed E-state index contributed by atoms with van der Waals surface area (Å²) in [4.78, 5) is 14.2. The van der Waals surface area contributed by atoms with Crippen molar-refractivity contribution in [2.75, 3.05) is 26.2 Å². The van der Waals surface area contributed by atoms with Crippen LogP contribution in [0.1, 0.15) is 52.4 Å². The quantitative estimate of drug-likeness (QED) is 0.719. The number of hydrogen-bond acceptors (Lipinski definition) is 4. The summed E-state index contributed by atoms with van der Waals surface area (Å²) < 4.78 is 0. The maximum absolute atomic E-state index is 12.0. The number of carbonyl (C=O) groups excluding carboxylic acids is 1. The van der Waals surface area contributed by atoms with E-state index in [0.29, 0.717) is 18.5 Å². The summed E-state index contributed by atoms with van der Waals surface area (Å²) in [6.07, 6.45) is 5.52. The molecule has 5 nitrogen and oxygen atoms in total. The van der Waals surface area contributed by atoms with Gasteiger partial charge >= 0.3 is 0 Å². The van der Waals surface area contributed by atoms with Gasteiger partial charge in [-0.25, -0.2) is 0 Å². The van der Waals surface area contributed by atoms with Crippen molar-refractivity contribution in [3.8, 4) is 0 Å². The van der Waals surface area contributed by atoms with E-state index in [2.05, 4.69) is 24.1 Å². The maximum Gasteiger partial charge on any atom is 0.234 e. The number of amides is 1. The lowest BCUT2D eigenvalue weighted by Gasteiger charge is -2.40. The highest BCUT2D eigenvalue weighted by molar-refractivity contribution is 5.78. The molecule has 2 fully saturated rings. The Morgan fingerprint density at radius 3 is 2.38 bits per heavy atom. The number of nitrogens with two attached hydrogens (primary N) is 1. The van der Waals surface area contributed by atoms with Gasteiger partial charge in [0.05, 0.1) is 12.1 Å². The van der Waals surface area contributed by atoms with Gasteiger partial charge in [-0.1, -0.05) is 13.8 Å². The number of aliphatic hydroxyl groups is 1. The fourth-order valence-electron chi connectivity index (χ4n) is 3.20. The molecule has 0 aromatic rings. The van der Waals surface area contributed by atoms with Crippen LogP contribution in [0.5, 0.6) is 0 Å². The lowest BCUT2D eigenvalue weighted by Crippen LogP contribution is -2.49. The Balaban J connectivity index is 1.69. The molecular formula is C16H31N3O2. The molecule has 1 aliphatic heterocycles. The summed E-state index contributed by atoms with van der Waals surface area (Å²) in [5, 5.41) is 13.5. The molecule has 1 heterocycles.